The van der Waals surface area contributed by atoms with Crippen LogP contribution in [0.5, 0.6) is 0 Å². The normalized spacial score (nSPS) is 24.2. The highest BCUT2D eigenvalue weighted by Gasteiger charge is 2.40. The molecule has 0 spiro atoms. The van der Waals surface area contributed by atoms with Crippen molar-refractivity contribution in [2.45, 2.75) is 70.6 Å². The molecule has 0 radical (unpaired) electrons. The molecule has 2 saturated heterocycles. The van der Waals surface area contributed by atoms with Crippen LogP contribution in [0.2, 0.25) is 0 Å². The van der Waals surface area contributed by atoms with Gasteiger partial charge in [-0.3, -0.25) is 29.6 Å². The molecule has 9 nitrogen and oxygen atoms in total. The Kier molecular flexibility index (Phi) is 7.19. The molecule has 2 N–H and O–H groups in total. The number of pyridine rings is 1. The Morgan fingerprint density at radius 1 is 1.16 bits per heavy atom. The van der Waals surface area contributed by atoms with Gasteiger partial charge in [0.25, 0.3) is 0 Å². The third-order valence-corrected chi connectivity index (χ3v) is 7.57. The van der Waals surface area contributed by atoms with Gasteiger partial charge < -0.3 is 5.11 Å². The molecule has 2 aliphatic heterocycles. The summed E-state index contributed by atoms with van der Waals surface area (Å²) in [5.74, 6) is -1.14. The van der Waals surface area contributed by atoms with Crippen molar-refractivity contribution in [3.63, 3.8) is 0 Å². The number of halogens is 1. The summed E-state index contributed by atoms with van der Waals surface area (Å²) in [5, 5.41) is 18.4. The molecule has 3 aromatic rings. The zero-order valence-electron chi connectivity index (χ0n) is 22.2. The number of rotatable bonds is 5. The summed E-state index contributed by atoms with van der Waals surface area (Å²) in [6.07, 6.45) is 8.64. The van der Waals surface area contributed by atoms with Crippen molar-refractivity contribution in [1.29, 1.82) is 0 Å². The monoisotopic (exact) mass is 522 g/mol. The molecule has 202 valence electrons. The SMILES string of the molecule is CC.CC1(O)CN(Cc2cnn(C3CC3)c2)CCC1c1ccc2ncc(N3CCC(=O)NC3=O)cc2c1F. The number of imide groups is 1. The van der Waals surface area contributed by atoms with Crippen molar-refractivity contribution >= 4 is 28.5 Å². The largest absolute Gasteiger partial charge is 0.388 e. The van der Waals surface area contributed by atoms with Crippen LogP contribution in [0.1, 0.15) is 69.5 Å². The Morgan fingerprint density at radius 3 is 2.66 bits per heavy atom. The van der Waals surface area contributed by atoms with E-state index in [0.717, 1.165) is 12.1 Å². The van der Waals surface area contributed by atoms with Crippen LogP contribution < -0.4 is 10.2 Å². The smallest absolute Gasteiger partial charge is 0.328 e. The number of hydrogen-bond acceptors (Lipinski definition) is 6. The number of nitrogens with zero attached hydrogens (tertiary/aromatic N) is 5. The lowest BCUT2D eigenvalue weighted by atomic mass is 9.77. The molecule has 6 rings (SSSR count). The van der Waals surface area contributed by atoms with E-state index in [9.17, 15) is 14.7 Å². The van der Waals surface area contributed by atoms with Crippen LogP contribution in [0.15, 0.2) is 36.8 Å². The Balaban J connectivity index is 0.00000144. The van der Waals surface area contributed by atoms with E-state index in [1.807, 2.05) is 24.7 Å². The first kappa shape index (κ1) is 26.2. The number of fused-ring (bicyclic) bond motifs is 1. The van der Waals surface area contributed by atoms with Gasteiger partial charge in [-0.25, -0.2) is 9.18 Å². The fourth-order valence-corrected chi connectivity index (χ4v) is 5.54. The minimum atomic E-state index is -1.13. The molecule has 3 fully saturated rings. The summed E-state index contributed by atoms with van der Waals surface area (Å²) in [4.78, 5) is 31.7. The van der Waals surface area contributed by atoms with Crippen LogP contribution in [0.25, 0.3) is 10.9 Å². The van der Waals surface area contributed by atoms with Crippen LogP contribution in [-0.2, 0) is 11.3 Å². The molecule has 3 aliphatic rings. The first-order valence-electron chi connectivity index (χ1n) is 13.5. The van der Waals surface area contributed by atoms with Crippen molar-refractivity contribution in [2.24, 2.45) is 0 Å². The topological polar surface area (TPSA) is 104 Å². The van der Waals surface area contributed by atoms with E-state index in [4.69, 9.17) is 0 Å². The van der Waals surface area contributed by atoms with E-state index in [-0.39, 0.29) is 24.8 Å². The highest BCUT2D eigenvalue weighted by atomic mass is 19.1. The van der Waals surface area contributed by atoms with E-state index >= 15 is 4.39 Å². The van der Waals surface area contributed by atoms with E-state index < -0.39 is 17.4 Å². The first-order valence-corrected chi connectivity index (χ1v) is 13.5. The number of piperidine rings is 1. The van der Waals surface area contributed by atoms with Gasteiger partial charge in [-0.1, -0.05) is 19.9 Å². The molecular formula is C28H35FN6O3. The first-order chi connectivity index (χ1) is 18.3. The van der Waals surface area contributed by atoms with E-state index in [1.54, 1.807) is 25.1 Å². The van der Waals surface area contributed by atoms with Gasteiger partial charge in [0.05, 0.1) is 35.2 Å². The zero-order chi connectivity index (χ0) is 27.0. The predicted molar refractivity (Wildman–Crippen MR) is 142 cm³/mol. The second-order valence-electron chi connectivity index (χ2n) is 10.5. The summed E-state index contributed by atoms with van der Waals surface area (Å²) >= 11 is 0. The third kappa shape index (κ3) is 5.15. The van der Waals surface area contributed by atoms with Gasteiger partial charge in [0.1, 0.15) is 5.82 Å². The second-order valence-corrected chi connectivity index (χ2v) is 10.5. The summed E-state index contributed by atoms with van der Waals surface area (Å²) in [5.41, 5.74) is 1.34. The van der Waals surface area contributed by atoms with Gasteiger partial charge in [-0.2, -0.15) is 5.10 Å². The molecule has 2 atom stereocenters. The molecule has 0 bridgehead atoms. The van der Waals surface area contributed by atoms with Crippen LogP contribution in [0.3, 0.4) is 0 Å². The molecule has 2 unspecified atom stereocenters. The van der Waals surface area contributed by atoms with Crippen LogP contribution >= 0.6 is 0 Å². The third-order valence-electron chi connectivity index (χ3n) is 7.57. The molecule has 1 saturated carbocycles. The fraction of sp³-hybridized carbons (Fsp3) is 0.500. The molecule has 3 amide bonds. The minimum Gasteiger partial charge on any atom is -0.388 e. The number of β-amino-alcohol motifs (C(OH)–C–C–N with tert-alkyl or cyclic N) is 1. The van der Waals surface area contributed by atoms with Gasteiger partial charge in [-0.05, 0) is 50.4 Å². The Hall–Kier alpha value is -3.37. The van der Waals surface area contributed by atoms with Gasteiger partial charge >= 0.3 is 6.03 Å². The van der Waals surface area contributed by atoms with Crippen LogP contribution in [0, 0.1) is 5.82 Å². The summed E-state index contributed by atoms with van der Waals surface area (Å²) in [6.45, 7) is 7.83. The number of carbonyl (C=O) groups excluding carboxylic acids is 2. The van der Waals surface area contributed by atoms with E-state index in [1.165, 1.54) is 23.9 Å². The maximum atomic E-state index is 15.9. The van der Waals surface area contributed by atoms with E-state index in [2.05, 4.69) is 26.5 Å². The molecule has 1 aromatic carbocycles. The standard InChI is InChI=1S/C26H29FN6O3.C2H6/c1-26(36)15-31(13-16-11-29-33(14-16)17-2-3-17)8-6-21(26)19-4-5-22-20(24(19)27)10-18(12-28-22)32-9-7-23(34)30-25(32)35;1-2/h4-5,10-12,14,17,21,36H,2-3,6-9,13,15H2,1H3,(H,30,34,35);1-2H3. The van der Waals surface area contributed by atoms with Crippen molar-refractivity contribution in [3.8, 4) is 0 Å². The molecule has 1 aliphatic carbocycles. The van der Waals surface area contributed by atoms with Crippen molar-refractivity contribution in [3.05, 3.63) is 53.7 Å². The van der Waals surface area contributed by atoms with Crippen LogP contribution in [0.4, 0.5) is 14.9 Å². The van der Waals surface area contributed by atoms with Crippen LogP contribution in [-0.4, -0.2) is 61.9 Å². The number of benzene rings is 1. The lowest BCUT2D eigenvalue weighted by Gasteiger charge is -2.43. The molecule has 38 heavy (non-hydrogen) atoms. The van der Waals surface area contributed by atoms with Crippen molar-refractivity contribution < 1.29 is 19.1 Å². The van der Waals surface area contributed by atoms with E-state index in [0.29, 0.717) is 47.7 Å². The Bertz CT molecular complexity index is 1350. The van der Waals surface area contributed by atoms with Gasteiger partial charge in [0.15, 0.2) is 0 Å². The Morgan fingerprint density at radius 2 is 1.95 bits per heavy atom. The lowest BCUT2D eigenvalue weighted by molar-refractivity contribution is -0.120. The number of amides is 3. The fourth-order valence-electron chi connectivity index (χ4n) is 5.54. The quantitative estimate of drug-likeness (QED) is 0.523. The number of carbonyl (C=O) groups is 2. The number of aromatic nitrogens is 3. The highest BCUT2D eigenvalue weighted by Crippen LogP contribution is 2.40. The molecule has 4 heterocycles. The lowest BCUT2D eigenvalue weighted by Crippen LogP contribution is -2.50. The average molecular weight is 523 g/mol. The summed E-state index contributed by atoms with van der Waals surface area (Å²) in [6, 6.07) is 5.06. The summed E-state index contributed by atoms with van der Waals surface area (Å²) < 4.78 is 17.9. The number of urea groups is 1. The number of hydrogen-bond donors (Lipinski definition) is 2. The second kappa shape index (κ2) is 10.4. The van der Waals surface area contributed by atoms with Gasteiger partial charge in [0, 0.05) is 49.1 Å². The number of nitrogens with one attached hydrogen (secondary N) is 1. The molecular weight excluding hydrogens is 487 g/mol. The maximum absolute atomic E-state index is 15.9. The molecule has 2 aromatic heterocycles. The number of aliphatic hydroxyl groups is 1. The van der Waals surface area contributed by atoms with Gasteiger partial charge in [0.2, 0.25) is 5.91 Å². The maximum Gasteiger partial charge on any atom is 0.328 e. The van der Waals surface area contributed by atoms with Crippen molar-refractivity contribution in [1.82, 2.24) is 25.0 Å². The number of anilines is 1. The predicted octanol–water partition coefficient (Wildman–Crippen LogP) is 4.12. The highest BCUT2D eigenvalue weighted by molar-refractivity contribution is 6.06. The minimum absolute atomic E-state index is 0.176. The average Bonchev–Trinajstić information content (AvgIpc) is 3.64. The van der Waals surface area contributed by atoms with Gasteiger partial charge in [-0.15, -0.1) is 0 Å². The molecule has 10 heteroatoms. The van der Waals surface area contributed by atoms with Crippen molar-refractivity contribution in [2.75, 3.05) is 24.5 Å². The zero-order valence-corrected chi connectivity index (χ0v) is 22.2. The Labute approximate surface area is 221 Å². The number of likely N-dealkylation sites (tertiary alicyclic amines) is 1. The summed E-state index contributed by atoms with van der Waals surface area (Å²) in [7, 11) is 0.